The number of rotatable bonds is 14. The van der Waals surface area contributed by atoms with Gasteiger partial charge in [0.2, 0.25) is 5.91 Å². The van der Waals surface area contributed by atoms with Crippen LogP contribution in [-0.4, -0.2) is 44.0 Å². The Kier molecular flexibility index (Phi) is 11.1. The third kappa shape index (κ3) is 8.55. The van der Waals surface area contributed by atoms with E-state index in [0.717, 1.165) is 16.8 Å². The maximum absolute atomic E-state index is 13.2. The van der Waals surface area contributed by atoms with Crippen molar-refractivity contribution in [3.63, 3.8) is 0 Å². The van der Waals surface area contributed by atoms with Gasteiger partial charge in [0.25, 0.3) is 0 Å². The van der Waals surface area contributed by atoms with Crippen LogP contribution in [0.4, 0.5) is 11.4 Å². The molecule has 0 saturated carbocycles. The number of aryl methyl sites for hydroxylation is 1. The van der Waals surface area contributed by atoms with Crippen molar-refractivity contribution in [3.8, 4) is 5.75 Å². The number of benzene rings is 4. The molecule has 0 aliphatic heterocycles. The van der Waals surface area contributed by atoms with E-state index in [1.807, 2.05) is 86.6 Å². The lowest BCUT2D eigenvalue weighted by molar-refractivity contribution is -0.141. The molecule has 0 bridgehead atoms. The first-order chi connectivity index (χ1) is 20.9. The van der Waals surface area contributed by atoms with E-state index in [0.29, 0.717) is 55.0 Å². The summed E-state index contributed by atoms with van der Waals surface area (Å²) in [5.41, 5.74) is 4.56. The zero-order chi connectivity index (χ0) is 30.6. The van der Waals surface area contributed by atoms with E-state index in [4.69, 9.17) is 9.47 Å². The van der Waals surface area contributed by atoms with Crippen LogP contribution >= 0.6 is 0 Å². The molecule has 43 heavy (non-hydrogen) atoms. The fourth-order valence-corrected chi connectivity index (χ4v) is 4.76. The number of para-hydroxylation sites is 1. The average Bonchev–Trinajstić information content (AvgIpc) is 3.05. The van der Waals surface area contributed by atoms with Crippen molar-refractivity contribution in [3.05, 3.63) is 125 Å². The molecule has 7 heteroatoms. The van der Waals surface area contributed by atoms with Crippen LogP contribution < -0.4 is 15.0 Å². The zero-order valence-corrected chi connectivity index (χ0v) is 24.9. The van der Waals surface area contributed by atoms with E-state index >= 15 is 0 Å². The van der Waals surface area contributed by atoms with Crippen molar-refractivity contribution in [2.75, 3.05) is 30.5 Å². The van der Waals surface area contributed by atoms with Gasteiger partial charge in [0.1, 0.15) is 11.8 Å². The molecule has 0 aromatic heterocycles. The summed E-state index contributed by atoms with van der Waals surface area (Å²) in [5.74, 6) is 0.222. The Morgan fingerprint density at radius 1 is 0.837 bits per heavy atom. The molecule has 0 spiro atoms. The van der Waals surface area contributed by atoms with E-state index in [9.17, 15) is 14.4 Å². The molecule has 0 radical (unpaired) electrons. The highest BCUT2D eigenvalue weighted by Crippen LogP contribution is 2.23. The highest BCUT2D eigenvalue weighted by atomic mass is 16.5. The molecule has 4 aromatic carbocycles. The Bertz CT molecular complexity index is 1500. The number of hydrogen-bond acceptors (Lipinski definition) is 6. The smallest absolute Gasteiger partial charge is 0.328 e. The molecule has 1 N–H and O–H groups in total. The molecule has 0 fully saturated rings. The fourth-order valence-electron chi connectivity index (χ4n) is 4.76. The van der Waals surface area contributed by atoms with Gasteiger partial charge in [0.05, 0.1) is 13.7 Å². The molecular weight excluding hydrogens is 540 g/mol. The number of anilines is 2. The van der Waals surface area contributed by atoms with Gasteiger partial charge in [0, 0.05) is 41.9 Å². The number of ether oxygens (including phenoxy) is 2. The van der Waals surface area contributed by atoms with Crippen molar-refractivity contribution in [2.24, 2.45) is 0 Å². The summed E-state index contributed by atoms with van der Waals surface area (Å²) in [6.45, 7) is 4.91. The molecule has 4 aromatic rings. The Hall–Kier alpha value is -4.91. The second-order valence-electron chi connectivity index (χ2n) is 10.2. The number of hydrogen-bond donors (Lipinski definition) is 1. The Balaban J connectivity index is 1.36. The van der Waals surface area contributed by atoms with Gasteiger partial charge in [-0.25, -0.2) is 4.79 Å². The first-order valence-electron chi connectivity index (χ1n) is 14.5. The molecule has 1 amide bonds. The molecule has 4 rings (SSSR count). The first-order valence-corrected chi connectivity index (χ1v) is 14.5. The van der Waals surface area contributed by atoms with E-state index in [1.54, 1.807) is 35.2 Å². The molecular formula is C36H38N2O5. The first kappa shape index (κ1) is 31.0. The largest absolute Gasteiger partial charge is 0.494 e. The quantitative estimate of drug-likeness (QED) is 0.103. The van der Waals surface area contributed by atoms with Gasteiger partial charge in [-0.2, -0.15) is 0 Å². The predicted octanol–water partition coefficient (Wildman–Crippen LogP) is 6.63. The third-order valence-corrected chi connectivity index (χ3v) is 7.13. The van der Waals surface area contributed by atoms with E-state index in [-0.39, 0.29) is 11.7 Å². The maximum Gasteiger partial charge on any atom is 0.328 e. The molecule has 0 aliphatic carbocycles. The highest BCUT2D eigenvalue weighted by Gasteiger charge is 2.23. The standard InChI is InChI=1S/C36H38N2O5/c1-4-34(39)38(29-19-15-26(2)16-20-29)23-10-24-43-30-21-17-27(18-22-30)25-33(36(41)42-3)37-32-14-9-8-13-31(32)35(40)28-11-6-5-7-12-28/h5-9,11-22,33,37H,4,10,23-25H2,1-3H3. The molecule has 0 saturated heterocycles. The number of nitrogens with zero attached hydrogens (tertiary/aromatic N) is 1. The normalized spacial score (nSPS) is 11.3. The van der Waals surface area contributed by atoms with E-state index in [2.05, 4.69) is 5.32 Å². The van der Waals surface area contributed by atoms with Crippen molar-refractivity contribution in [1.29, 1.82) is 0 Å². The molecule has 1 unspecified atom stereocenters. The van der Waals surface area contributed by atoms with Crippen molar-refractivity contribution >= 4 is 29.0 Å². The van der Waals surface area contributed by atoms with Crippen LogP contribution in [0.5, 0.6) is 5.75 Å². The van der Waals surface area contributed by atoms with Crippen LogP contribution in [-0.2, 0) is 20.7 Å². The van der Waals surface area contributed by atoms with E-state index < -0.39 is 12.0 Å². The number of esters is 1. The molecule has 222 valence electrons. The SMILES string of the molecule is CCC(=O)N(CCCOc1ccc(CC(Nc2ccccc2C(=O)c2ccccc2)C(=O)OC)cc1)c1ccc(C)cc1. The van der Waals surface area contributed by atoms with Gasteiger partial charge in [-0.05, 0) is 55.3 Å². The van der Waals surface area contributed by atoms with Gasteiger partial charge in [0.15, 0.2) is 5.78 Å². The monoisotopic (exact) mass is 578 g/mol. The van der Waals surface area contributed by atoms with E-state index in [1.165, 1.54) is 7.11 Å². The van der Waals surface area contributed by atoms with Crippen LogP contribution in [0.3, 0.4) is 0 Å². The third-order valence-electron chi connectivity index (χ3n) is 7.13. The summed E-state index contributed by atoms with van der Waals surface area (Å²) >= 11 is 0. The Morgan fingerprint density at radius 2 is 1.51 bits per heavy atom. The fraction of sp³-hybridized carbons (Fsp3) is 0.250. The van der Waals surface area contributed by atoms with Gasteiger partial charge >= 0.3 is 5.97 Å². The molecule has 7 nitrogen and oxygen atoms in total. The molecule has 0 aliphatic rings. The number of carbonyl (C=O) groups is 3. The summed E-state index contributed by atoms with van der Waals surface area (Å²) in [5, 5.41) is 3.24. The lowest BCUT2D eigenvalue weighted by Gasteiger charge is -2.22. The van der Waals surface area contributed by atoms with Gasteiger partial charge in [-0.1, -0.05) is 79.2 Å². The number of nitrogens with one attached hydrogen (secondary N) is 1. The van der Waals surface area contributed by atoms with Crippen LogP contribution in [0.25, 0.3) is 0 Å². The summed E-state index contributed by atoms with van der Waals surface area (Å²) in [6, 6.07) is 31.0. The Morgan fingerprint density at radius 3 is 2.19 bits per heavy atom. The van der Waals surface area contributed by atoms with Gasteiger partial charge in [-0.3, -0.25) is 9.59 Å². The number of methoxy groups -OCH3 is 1. The summed E-state index contributed by atoms with van der Waals surface area (Å²) in [4.78, 5) is 40.2. The van der Waals surface area contributed by atoms with Crippen LogP contribution in [0, 0.1) is 6.92 Å². The maximum atomic E-state index is 13.2. The van der Waals surface area contributed by atoms with Gasteiger partial charge in [-0.15, -0.1) is 0 Å². The number of carbonyl (C=O) groups excluding carboxylic acids is 3. The summed E-state index contributed by atoms with van der Waals surface area (Å²) in [6.07, 6.45) is 1.47. The zero-order valence-electron chi connectivity index (χ0n) is 24.9. The van der Waals surface area contributed by atoms with Crippen molar-refractivity contribution < 1.29 is 23.9 Å². The lowest BCUT2D eigenvalue weighted by Crippen LogP contribution is -2.33. The highest BCUT2D eigenvalue weighted by molar-refractivity contribution is 6.12. The summed E-state index contributed by atoms with van der Waals surface area (Å²) < 4.78 is 11.0. The molecule has 1 atom stereocenters. The van der Waals surface area contributed by atoms with Crippen LogP contribution in [0.1, 0.15) is 46.8 Å². The second kappa shape index (κ2) is 15.4. The minimum absolute atomic E-state index is 0.0778. The van der Waals surface area contributed by atoms with Crippen molar-refractivity contribution in [1.82, 2.24) is 0 Å². The molecule has 0 heterocycles. The minimum atomic E-state index is -0.703. The van der Waals surface area contributed by atoms with Gasteiger partial charge < -0.3 is 19.7 Å². The van der Waals surface area contributed by atoms with Crippen LogP contribution in [0.15, 0.2) is 103 Å². The Labute approximate surface area is 253 Å². The average molecular weight is 579 g/mol. The van der Waals surface area contributed by atoms with Crippen molar-refractivity contribution in [2.45, 2.75) is 39.2 Å². The lowest BCUT2D eigenvalue weighted by atomic mass is 10.00. The number of ketones is 1. The number of amides is 1. The second-order valence-corrected chi connectivity index (χ2v) is 10.2. The topological polar surface area (TPSA) is 84.9 Å². The van der Waals surface area contributed by atoms with Crippen LogP contribution in [0.2, 0.25) is 0 Å². The minimum Gasteiger partial charge on any atom is -0.494 e. The predicted molar refractivity (Wildman–Crippen MR) is 170 cm³/mol. The summed E-state index contributed by atoms with van der Waals surface area (Å²) in [7, 11) is 1.35.